The number of aromatic nitrogens is 1. The van der Waals surface area contributed by atoms with E-state index in [1.807, 2.05) is 19.1 Å². The summed E-state index contributed by atoms with van der Waals surface area (Å²) in [6, 6.07) is 4.12. The summed E-state index contributed by atoms with van der Waals surface area (Å²) in [5.74, 6) is 0.591. The van der Waals surface area contributed by atoms with E-state index in [2.05, 4.69) is 10.3 Å². The minimum Gasteiger partial charge on any atom is -0.381 e. The third-order valence-corrected chi connectivity index (χ3v) is 4.64. The number of anilines is 1. The maximum atomic E-state index is 11.3. The fourth-order valence-electron chi connectivity index (χ4n) is 1.89. The van der Waals surface area contributed by atoms with E-state index in [9.17, 15) is 8.42 Å². The molecule has 0 spiro atoms. The summed E-state index contributed by atoms with van der Waals surface area (Å²) in [5.41, 5.74) is 1.96. The van der Waals surface area contributed by atoms with Crippen LogP contribution in [0, 0.1) is 6.92 Å². The van der Waals surface area contributed by atoms with Crippen LogP contribution in [-0.4, -0.2) is 30.9 Å². The van der Waals surface area contributed by atoms with Crippen molar-refractivity contribution in [2.24, 2.45) is 0 Å². The number of hydrogen-bond acceptors (Lipinski definition) is 4. The molecule has 1 aliphatic heterocycles. The van der Waals surface area contributed by atoms with Crippen molar-refractivity contribution in [2.75, 3.05) is 16.8 Å². The first kappa shape index (κ1) is 11.4. The van der Waals surface area contributed by atoms with Crippen LogP contribution in [0.15, 0.2) is 18.3 Å². The van der Waals surface area contributed by atoms with E-state index in [1.54, 1.807) is 6.20 Å². The van der Waals surface area contributed by atoms with E-state index in [0.717, 1.165) is 11.4 Å². The van der Waals surface area contributed by atoms with Gasteiger partial charge in [0.2, 0.25) is 0 Å². The lowest BCUT2D eigenvalue weighted by atomic mass is 10.1. The van der Waals surface area contributed by atoms with Gasteiger partial charge in [-0.1, -0.05) is 0 Å². The van der Waals surface area contributed by atoms with Gasteiger partial charge < -0.3 is 5.32 Å². The molecule has 0 aromatic carbocycles. The van der Waals surface area contributed by atoms with Crippen molar-refractivity contribution in [3.8, 4) is 0 Å². The van der Waals surface area contributed by atoms with E-state index in [1.165, 1.54) is 0 Å². The third kappa shape index (κ3) is 2.72. The molecule has 1 saturated heterocycles. The zero-order valence-electron chi connectivity index (χ0n) is 9.31. The Balaban J connectivity index is 2.00. The van der Waals surface area contributed by atoms with Gasteiger partial charge in [0.05, 0.1) is 22.9 Å². The fourth-order valence-corrected chi connectivity index (χ4v) is 3.38. The number of aryl methyl sites for hydroxylation is 1. The largest absolute Gasteiger partial charge is 0.381 e. The second-order valence-corrected chi connectivity index (χ2v) is 6.51. The van der Waals surface area contributed by atoms with Crippen molar-refractivity contribution in [1.82, 2.24) is 4.98 Å². The molecule has 88 valence electrons. The van der Waals surface area contributed by atoms with Crippen LogP contribution < -0.4 is 5.32 Å². The molecule has 2 heterocycles. The first-order chi connectivity index (χ1) is 7.57. The van der Waals surface area contributed by atoms with Gasteiger partial charge in [-0.25, -0.2) is 8.42 Å². The SMILES string of the molecule is Cc1ncccc1NC1CCS(=O)(=O)CC1. The Morgan fingerprint density at radius 1 is 1.38 bits per heavy atom. The van der Waals surface area contributed by atoms with Gasteiger partial charge in [0, 0.05) is 12.2 Å². The number of nitrogens with zero attached hydrogens (tertiary/aromatic N) is 1. The van der Waals surface area contributed by atoms with Crippen LogP contribution in [0.1, 0.15) is 18.5 Å². The fraction of sp³-hybridized carbons (Fsp3) is 0.545. The maximum absolute atomic E-state index is 11.3. The highest BCUT2D eigenvalue weighted by molar-refractivity contribution is 7.91. The summed E-state index contributed by atoms with van der Waals surface area (Å²) in [5, 5.41) is 3.36. The lowest BCUT2D eigenvalue weighted by Gasteiger charge is -2.24. The van der Waals surface area contributed by atoms with Crippen molar-refractivity contribution >= 4 is 15.5 Å². The molecule has 1 fully saturated rings. The molecule has 1 aliphatic rings. The smallest absolute Gasteiger partial charge is 0.150 e. The lowest BCUT2D eigenvalue weighted by Crippen LogP contribution is -2.32. The summed E-state index contributed by atoms with van der Waals surface area (Å²) in [4.78, 5) is 4.19. The molecule has 16 heavy (non-hydrogen) atoms. The highest BCUT2D eigenvalue weighted by Gasteiger charge is 2.23. The van der Waals surface area contributed by atoms with Crippen LogP contribution >= 0.6 is 0 Å². The number of rotatable bonds is 2. The summed E-state index contributed by atoms with van der Waals surface area (Å²) < 4.78 is 22.6. The first-order valence-corrected chi connectivity index (χ1v) is 7.27. The second-order valence-electron chi connectivity index (χ2n) is 4.21. The molecule has 0 bridgehead atoms. The number of hydrogen-bond donors (Lipinski definition) is 1. The van der Waals surface area contributed by atoms with Gasteiger partial charge in [-0.05, 0) is 31.9 Å². The molecule has 0 aliphatic carbocycles. The Kier molecular flexibility index (Phi) is 3.14. The van der Waals surface area contributed by atoms with E-state index in [0.29, 0.717) is 24.3 Å². The highest BCUT2D eigenvalue weighted by Crippen LogP contribution is 2.19. The second kappa shape index (κ2) is 4.41. The molecule has 0 unspecified atom stereocenters. The zero-order valence-corrected chi connectivity index (χ0v) is 10.1. The predicted octanol–water partition coefficient (Wildman–Crippen LogP) is 1.38. The Hall–Kier alpha value is -1.10. The molecule has 1 aromatic rings. The molecule has 1 N–H and O–H groups in total. The van der Waals surface area contributed by atoms with Crippen LogP contribution in [0.4, 0.5) is 5.69 Å². The number of sulfone groups is 1. The summed E-state index contributed by atoms with van der Waals surface area (Å²) in [7, 11) is -2.77. The summed E-state index contributed by atoms with van der Waals surface area (Å²) in [6.07, 6.45) is 3.14. The molecule has 4 nitrogen and oxygen atoms in total. The van der Waals surface area contributed by atoms with Crippen LogP contribution in [0.5, 0.6) is 0 Å². The molecular formula is C11H16N2O2S. The molecule has 0 amide bonds. The first-order valence-electron chi connectivity index (χ1n) is 5.45. The third-order valence-electron chi connectivity index (χ3n) is 2.92. The average molecular weight is 240 g/mol. The van der Waals surface area contributed by atoms with Crippen molar-refractivity contribution in [3.05, 3.63) is 24.0 Å². The van der Waals surface area contributed by atoms with Gasteiger partial charge >= 0.3 is 0 Å². The molecule has 1 aromatic heterocycles. The lowest BCUT2D eigenvalue weighted by molar-refractivity contribution is 0.559. The van der Waals surface area contributed by atoms with Crippen molar-refractivity contribution in [3.63, 3.8) is 0 Å². The van der Waals surface area contributed by atoms with Gasteiger partial charge in [-0.2, -0.15) is 0 Å². The molecule has 0 radical (unpaired) electrons. The summed E-state index contributed by atoms with van der Waals surface area (Å²) >= 11 is 0. The van der Waals surface area contributed by atoms with Gasteiger partial charge in [0.15, 0.2) is 0 Å². The van der Waals surface area contributed by atoms with Crippen LogP contribution in [0.25, 0.3) is 0 Å². The molecular weight excluding hydrogens is 224 g/mol. The monoisotopic (exact) mass is 240 g/mol. The van der Waals surface area contributed by atoms with Crippen LogP contribution in [0.2, 0.25) is 0 Å². The van der Waals surface area contributed by atoms with Gasteiger partial charge in [0.1, 0.15) is 9.84 Å². The van der Waals surface area contributed by atoms with Crippen LogP contribution in [0.3, 0.4) is 0 Å². The minimum absolute atomic E-state index is 0.256. The minimum atomic E-state index is -2.77. The topological polar surface area (TPSA) is 59.1 Å². The summed E-state index contributed by atoms with van der Waals surface area (Å²) in [6.45, 7) is 1.95. The molecule has 0 atom stereocenters. The molecule has 2 rings (SSSR count). The Labute approximate surface area is 96.0 Å². The predicted molar refractivity (Wildman–Crippen MR) is 64.3 cm³/mol. The molecule has 0 saturated carbocycles. The Bertz CT molecular complexity index is 457. The van der Waals surface area contributed by atoms with Gasteiger partial charge in [0.25, 0.3) is 0 Å². The van der Waals surface area contributed by atoms with Crippen molar-refractivity contribution < 1.29 is 8.42 Å². The quantitative estimate of drug-likeness (QED) is 0.848. The highest BCUT2D eigenvalue weighted by atomic mass is 32.2. The average Bonchev–Trinajstić information content (AvgIpc) is 2.24. The van der Waals surface area contributed by atoms with E-state index < -0.39 is 9.84 Å². The Morgan fingerprint density at radius 3 is 2.69 bits per heavy atom. The van der Waals surface area contributed by atoms with E-state index in [4.69, 9.17) is 0 Å². The maximum Gasteiger partial charge on any atom is 0.150 e. The van der Waals surface area contributed by atoms with Crippen LogP contribution in [-0.2, 0) is 9.84 Å². The van der Waals surface area contributed by atoms with Gasteiger partial charge in [-0.3, -0.25) is 4.98 Å². The van der Waals surface area contributed by atoms with Gasteiger partial charge in [-0.15, -0.1) is 0 Å². The van der Waals surface area contributed by atoms with E-state index in [-0.39, 0.29) is 6.04 Å². The van der Waals surface area contributed by atoms with E-state index >= 15 is 0 Å². The number of nitrogens with one attached hydrogen (secondary N) is 1. The van der Waals surface area contributed by atoms with Crippen molar-refractivity contribution in [1.29, 1.82) is 0 Å². The Morgan fingerprint density at radius 2 is 2.06 bits per heavy atom. The number of pyridine rings is 1. The van der Waals surface area contributed by atoms with Crippen molar-refractivity contribution in [2.45, 2.75) is 25.8 Å². The zero-order chi connectivity index (χ0) is 11.6. The molecule has 5 heteroatoms. The normalized spacial score (nSPS) is 20.6. The standard InChI is InChI=1S/C11H16N2O2S/c1-9-11(3-2-6-12-9)13-10-4-7-16(14,15)8-5-10/h2-3,6,10,13H,4-5,7-8H2,1H3.